The van der Waals surface area contributed by atoms with Gasteiger partial charge in [0.05, 0.1) is 16.1 Å². The number of carbonyl (C=O) groups is 1. The molecule has 21 heavy (non-hydrogen) atoms. The standard InChI is InChI=1S/C11H10ClN5O3S/c1-5(2)9-13-3-6(12)8(15-9)10(18)16-11-14-4-7(21-11)17(19)20/h3-5H,1-2H3,(H,14,16,18). The number of halogens is 1. The van der Waals surface area contributed by atoms with Gasteiger partial charge in [0.15, 0.2) is 10.8 Å². The molecule has 8 nitrogen and oxygen atoms in total. The van der Waals surface area contributed by atoms with Gasteiger partial charge in [-0.3, -0.25) is 20.2 Å². The molecule has 0 unspecified atom stereocenters. The summed E-state index contributed by atoms with van der Waals surface area (Å²) in [7, 11) is 0. The monoisotopic (exact) mass is 327 g/mol. The van der Waals surface area contributed by atoms with E-state index in [-0.39, 0.29) is 26.8 Å². The minimum absolute atomic E-state index is 0.00761. The zero-order valence-electron chi connectivity index (χ0n) is 11.0. The first-order chi connectivity index (χ1) is 9.88. The van der Waals surface area contributed by atoms with Crippen molar-refractivity contribution in [2.75, 3.05) is 5.32 Å². The molecule has 0 aromatic carbocycles. The second-order valence-electron chi connectivity index (χ2n) is 4.29. The first-order valence-corrected chi connectivity index (χ1v) is 7.02. The number of aromatic nitrogens is 3. The van der Waals surface area contributed by atoms with Gasteiger partial charge in [0, 0.05) is 5.92 Å². The molecule has 2 heterocycles. The summed E-state index contributed by atoms with van der Waals surface area (Å²) in [6.07, 6.45) is 2.42. The number of nitro groups is 1. The lowest BCUT2D eigenvalue weighted by Gasteiger charge is -2.07. The molecule has 0 saturated heterocycles. The predicted molar refractivity (Wildman–Crippen MR) is 77.9 cm³/mol. The lowest BCUT2D eigenvalue weighted by molar-refractivity contribution is -0.380. The lowest BCUT2D eigenvalue weighted by Crippen LogP contribution is -2.16. The molecule has 0 spiro atoms. The summed E-state index contributed by atoms with van der Waals surface area (Å²) in [4.78, 5) is 34.0. The van der Waals surface area contributed by atoms with E-state index in [9.17, 15) is 14.9 Å². The fourth-order valence-electron chi connectivity index (χ4n) is 1.38. The SMILES string of the molecule is CC(C)c1ncc(Cl)c(C(=O)Nc2ncc([N+](=O)[O-])s2)n1. The van der Waals surface area contributed by atoms with E-state index in [0.717, 1.165) is 17.5 Å². The summed E-state index contributed by atoms with van der Waals surface area (Å²) < 4.78 is 0. The third kappa shape index (κ3) is 3.50. The second kappa shape index (κ2) is 6.10. The van der Waals surface area contributed by atoms with Gasteiger partial charge in [-0.05, 0) is 11.3 Å². The average molecular weight is 328 g/mol. The fourth-order valence-corrected chi connectivity index (χ4v) is 2.19. The van der Waals surface area contributed by atoms with Crippen LogP contribution < -0.4 is 5.32 Å². The minimum Gasteiger partial charge on any atom is -0.296 e. The van der Waals surface area contributed by atoms with Crippen LogP contribution in [0.5, 0.6) is 0 Å². The third-order valence-electron chi connectivity index (χ3n) is 2.39. The lowest BCUT2D eigenvalue weighted by atomic mass is 10.2. The molecule has 0 saturated carbocycles. The van der Waals surface area contributed by atoms with Gasteiger partial charge in [0.1, 0.15) is 12.0 Å². The van der Waals surface area contributed by atoms with Crippen molar-refractivity contribution in [1.82, 2.24) is 15.0 Å². The van der Waals surface area contributed by atoms with E-state index in [1.807, 2.05) is 13.8 Å². The Balaban J connectivity index is 2.23. The zero-order valence-corrected chi connectivity index (χ0v) is 12.6. The van der Waals surface area contributed by atoms with Gasteiger partial charge in [0.2, 0.25) is 0 Å². The Labute approximate surface area is 128 Å². The molecular formula is C11H10ClN5O3S. The number of anilines is 1. The molecule has 0 atom stereocenters. The molecule has 2 aromatic heterocycles. The maximum atomic E-state index is 12.1. The Morgan fingerprint density at radius 1 is 1.43 bits per heavy atom. The van der Waals surface area contributed by atoms with Crippen molar-refractivity contribution in [1.29, 1.82) is 0 Å². The van der Waals surface area contributed by atoms with Gasteiger partial charge in [-0.1, -0.05) is 25.4 Å². The number of hydrogen-bond donors (Lipinski definition) is 1. The molecule has 1 amide bonds. The van der Waals surface area contributed by atoms with Crippen molar-refractivity contribution in [2.24, 2.45) is 0 Å². The van der Waals surface area contributed by atoms with E-state index >= 15 is 0 Å². The number of amides is 1. The number of nitrogens with zero attached hydrogens (tertiary/aromatic N) is 4. The summed E-state index contributed by atoms with van der Waals surface area (Å²) >= 11 is 6.66. The second-order valence-corrected chi connectivity index (χ2v) is 5.71. The molecule has 110 valence electrons. The maximum Gasteiger partial charge on any atom is 0.345 e. The number of nitrogens with one attached hydrogen (secondary N) is 1. The van der Waals surface area contributed by atoms with Crippen LogP contribution in [-0.4, -0.2) is 25.8 Å². The molecule has 0 aliphatic rings. The van der Waals surface area contributed by atoms with Crippen molar-refractivity contribution in [2.45, 2.75) is 19.8 Å². The fraction of sp³-hybridized carbons (Fsp3) is 0.273. The summed E-state index contributed by atoms with van der Waals surface area (Å²) in [5.41, 5.74) is 0.00761. The van der Waals surface area contributed by atoms with Crippen molar-refractivity contribution in [3.05, 3.63) is 39.0 Å². The van der Waals surface area contributed by atoms with E-state index < -0.39 is 10.8 Å². The normalized spacial score (nSPS) is 10.7. The highest BCUT2D eigenvalue weighted by Crippen LogP contribution is 2.26. The van der Waals surface area contributed by atoms with Gasteiger partial charge in [-0.2, -0.15) is 0 Å². The van der Waals surface area contributed by atoms with Gasteiger partial charge in [0.25, 0.3) is 5.91 Å². The van der Waals surface area contributed by atoms with Crippen LogP contribution in [0.2, 0.25) is 5.02 Å². The smallest absolute Gasteiger partial charge is 0.296 e. The number of thiazole rings is 1. The highest BCUT2D eigenvalue weighted by molar-refractivity contribution is 7.18. The number of carbonyl (C=O) groups excluding carboxylic acids is 1. The number of rotatable bonds is 4. The molecule has 0 bridgehead atoms. The highest BCUT2D eigenvalue weighted by Gasteiger charge is 2.18. The number of hydrogen-bond acceptors (Lipinski definition) is 7. The van der Waals surface area contributed by atoms with E-state index in [2.05, 4.69) is 20.3 Å². The predicted octanol–water partition coefficient (Wildman–Crippen LogP) is 2.87. The molecule has 2 aromatic rings. The summed E-state index contributed by atoms with van der Waals surface area (Å²) in [6, 6.07) is 0. The molecule has 0 radical (unpaired) electrons. The van der Waals surface area contributed by atoms with Gasteiger partial charge >= 0.3 is 5.00 Å². The van der Waals surface area contributed by atoms with E-state index in [4.69, 9.17) is 11.6 Å². The molecule has 0 aliphatic carbocycles. The third-order valence-corrected chi connectivity index (χ3v) is 3.53. The van der Waals surface area contributed by atoms with Crippen molar-refractivity contribution < 1.29 is 9.72 Å². The van der Waals surface area contributed by atoms with Crippen LogP contribution in [-0.2, 0) is 0 Å². The van der Waals surface area contributed by atoms with Crippen molar-refractivity contribution >= 4 is 39.0 Å². The van der Waals surface area contributed by atoms with Crippen LogP contribution in [0.3, 0.4) is 0 Å². The minimum atomic E-state index is -0.589. The largest absolute Gasteiger partial charge is 0.345 e. The van der Waals surface area contributed by atoms with Crippen LogP contribution in [0, 0.1) is 10.1 Å². The Morgan fingerprint density at radius 3 is 2.71 bits per heavy atom. The molecule has 1 N–H and O–H groups in total. The summed E-state index contributed by atoms with van der Waals surface area (Å²) in [6.45, 7) is 3.77. The topological polar surface area (TPSA) is 111 Å². The summed E-state index contributed by atoms with van der Waals surface area (Å²) in [5, 5.41) is 13.0. The maximum absolute atomic E-state index is 12.1. The van der Waals surface area contributed by atoms with E-state index in [0.29, 0.717) is 5.82 Å². The van der Waals surface area contributed by atoms with Crippen LogP contribution in [0.15, 0.2) is 12.4 Å². The molecule has 0 fully saturated rings. The Morgan fingerprint density at radius 2 is 2.14 bits per heavy atom. The van der Waals surface area contributed by atoms with Crippen LogP contribution in [0.1, 0.15) is 36.1 Å². The van der Waals surface area contributed by atoms with Gasteiger partial charge in [-0.25, -0.2) is 15.0 Å². The van der Waals surface area contributed by atoms with Gasteiger partial charge < -0.3 is 0 Å². The van der Waals surface area contributed by atoms with Crippen molar-refractivity contribution in [3.8, 4) is 0 Å². The Hall–Kier alpha value is -2.13. The zero-order chi connectivity index (χ0) is 15.6. The quantitative estimate of drug-likeness (QED) is 0.682. The van der Waals surface area contributed by atoms with Gasteiger partial charge in [-0.15, -0.1) is 0 Å². The van der Waals surface area contributed by atoms with Crippen LogP contribution in [0.25, 0.3) is 0 Å². The molecule has 10 heteroatoms. The molecule has 0 aliphatic heterocycles. The highest BCUT2D eigenvalue weighted by atomic mass is 35.5. The van der Waals surface area contributed by atoms with Crippen molar-refractivity contribution in [3.63, 3.8) is 0 Å². The Kier molecular flexibility index (Phi) is 4.43. The summed E-state index contributed by atoms with van der Waals surface area (Å²) in [5.74, 6) is -0.0713. The van der Waals surface area contributed by atoms with E-state index in [1.54, 1.807) is 0 Å². The van der Waals surface area contributed by atoms with E-state index in [1.165, 1.54) is 6.20 Å². The Bertz CT molecular complexity index is 703. The first-order valence-electron chi connectivity index (χ1n) is 5.82. The average Bonchev–Trinajstić information content (AvgIpc) is 2.87. The molecule has 2 rings (SSSR count). The van der Waals surface area contributed by atoms with Crippen LogP contribution in [0.4, 0.5) is 10.1 Å². The molecular weight excluding hydrogens is 318 g/mol. The first kappa shape index (κ1) is 15.3. The van der Waals surface area contributed by atoms with Crippen LogP contribution >= 0.6 is 22.9 Å².